The van der Waals surface area contributed by atoms with Gasteiger partial charge in [-0.05, 0) is 84.1 Å². The molecule has 0 amide bonds. The summed E-state index contributed by atoms with van der Waals surface area (Å²) >= 11 is 0. The summed E-state index contributed by atoms with van der Waals surface area (Å²) in [5.74, 6) is 0. The van der Waals surface area contributed by atoms with Crippen molar-refractivity contribution in [2.24, 2.45) is 0 Å². The van der Waals surface area contributed by atoms with Crippen LogP contribution < -0.4 is 0 Å². The van der Waals surface area contributed by atoms with Gasteiger partial charge in [0.25, 0.3) is 0 Å². The molecule has 0 N–H and O–H groups in total. The molecule has 4 nitrogen and oxygen atoms in total. The first-order chi connectivity index (χ1) is 23.7. The highest BCUT2D eigenvalue weighted by molar-refractivity contribution is 6.12. The molecule has 0 saturated carbocycles. The molecule has 0 spiro atoms. The molecule has 2 heterocycles. The van der Waals surface area contributed by atoms with Gasteiger partial charge in [-0.25, -0.2) is 0 Å². The number of para-hydroxylation sites is 3. The zero-order chi connectivity index (χ0) is 32.2. The molecule has 224 valence electrons. The summed E-state index contributed by atoms with van der Waals surface area (Å²) in [7, 11) is 0. The van der Waals surface area contributed by atoms with Crippen molar-refractivity contribution in [3.05, 3.63) is 162 Å². The topological polar surface area (TPSA) is 57.4 Å². The first-order valence-electron chi connectivity index (χ1n) is 16.2. The minimum Gasteiger partial charge on any atom is -0.312 e. The van der Waals surface area contributed by atoms with E-state index in [1.54, 1.807) is 0 Å². The summed E-state index contributed by atoms with van der Waals surface area (Å²) < 4.78 is 4.64. The summed E-state index contributed by atoms with van der Waals surface area (Å²) in [6.07, 6.45) is 6.50. The van der Waals surface area contributed by atoms with E-state index in [-0.39, 0.29) is 0 Å². The smallest absolute Gasteiger partial charge is 0.0992 e. The molecule has 1 aliphatic carbocycles. The van der Waals surface area contributed by atoms with Crippen LogP contribution in [0.5, 0.6) is 0 Å². The van der Waals surface area contributed by atoms with E-state index in [1.165, 1.54) is 38.6 Å². The molecule has 4 heteroatoms. The quantitative estimate of drug-likeness (QED) is 0.199. The van der Waals surface area contributed by atoms with Gasteiger partial charge in [0.2, 0.25) is 0 Å². The average molecular weight is 613 g/mol. The van der Waals surface area contributed by atoms with E-state index < -0.39 is 0 Å². The lowest BCUT2D eigenvalue weighted by atomic mass is 9.94. The Balaban J connectivity index is 1.18. The highest BCUT2D eigenvalue weighted by atomic mass is 15.0. The first-order valence-corrected chi connectivity index (χ1v) is 16.2. The number of nitriles is 2. The molecule has 2 aromatic heterocycles. The van der Waals surface area contributed by atoms with Gasteiger partial charge in [-0.15, -0.1) is 0 Å². The van der Waals surface area contributed by atoms with Gasteiger partial charge in [-0.3, -0.25) is 0 Å². The first kappa shape index (κ1) is 27.7. The summed E-state index contributed by atoms with van der Waals surface area (Å²) in [4.78, 5) is 0. The molecule has 48 heavy (non-hydrogen) atoms. The normalized spacial score (nSPS) is 13.0. The van der Waals surface area contributed by atoms with Crippen molar-refractivity contribution in [1.29, 1.82) is 10.5 Å². The van der Waals surface area contributed by atoms with Crippen molar-refractivity contribution >= 4 is 54.9 Å². The van der Waals surface area contributed by atoms with Crippen LogP contribution in [0.1, 0.15) is 29.5 Å². The van der Waals surface area contributed by atoms with Gasteiger partial charge in [0.15, 0.2) is 0 Å². The van der Waals surface area contributed by atoms with Crippen molar-refractivity contribution in [1.82, 2.24) is 9.13 Å². The maximum Gasteiger partial charge on any atom is 0.0992 e. The van der Waals surface area contributed by atoms with Crippen LogP contribution in [0, 0.1) is 22.7 Å². The number of nitrogens with zero attached hydrogens (tertiary/aromatic N) is 4. The summed E-state index contributed by atoms with van der Waals surface area (Å²) in [6, 6.07) is 50.9. The van der Waals surface area contributed by atoms with Crippen molar-refractivity contribution in [2.75, 3.05) is 0 Å². The van der Waals surface area contributed by atoms with Crippen LogP contribution >= 0.6 is 0 Å². The van der Waals surface area contributed by atoms with Gasteiger partial charge in [0.1, 0.15) is 0 Å². The highest BCUT2D eigenvalue weighted by Crippen LogP contribution is 2.39. The molecule has 0 aliphatic heterocycles. The maximum absolute atomic E-state index is 10.1. The maximum atomic E-state index is 10.1. The third-order valence-electron chi connectivity index (χ3n) is 9.63. The lowest BCUT2D eigenvalue weighted by molar-refractivity contribution is 0.983. The van der Waals surface area contributed by atoms with E-state index >= 15 is 0 Å². The molecule has 0 atom stereocenters. The lowest BCUT2D eigenvalue weighted by Crippen LogP contribution is -2.03. The predicted octanol–water partition coefficient (Wildman–Crippen LogP) is 11.0. The molecule has 0 radical (unpaired) electrons. The molecule has 8 aromatic rings. The molecular formula is C44H28N4. The molecule has 0 unspecified atom stereocenters. The van der Waals surface area contributed by atoms with Gasteiger partial charge in [0.05, 0.1) is 45.3 Å². The number of allylic oxidation sites excluding steroid dienone is 4. The lowest BCUT2D eigenvalue weighted by Gasteiger charge is -2.20. The predicted molar refractivity (Wildman–Crippen MR) is 197 cm³/mol. The summed E-state index contributed by atoms with van der Waals surface area (Å²) in [5, 5.41) is 24.3. The van der Waals surface area contributed by atoms with Crippen LogP contribution in [0.2, 0.25) is 0 Å². The standard InChI is InChI=1S/C44H28N4/c45-27-29-17-22-44-39(25-29)38-12-4-6-14-41(38)47(44)34-24-30(28-46)23-33(26-34)31-18-20-32(21-19-31)35-9-1-5-13-40(35)48-42-15-7-2-10-36(42)37-11-3-8-16-43(37)48/h1-4,6-12,14-26H,5,13H2. The van der Waals surface area contributed by atoms with Gasteiger partial charge in [0, 0.05) is 38.5 Å². The average Bonchev–Trinajstić information content (AvgIpc) is 3.67. The van der Waals surface area contributed by atoms with E-state index in [9.17, 15) is 10.5 Å². The van der Waals surface area contributed by atoms with Crippen molar-refractivity contribution in [3.63, 3.8) is 0 Å². The molecule has 0 saturated heterocycles. The Hall–Kier alpha value is -6.62. The number of rotatable bonds is 4. The van der Waals surface area contributed by atoms with E-state index in [1.807, 2.05) is 42.5 Å². The fourth-order valence-electron chi connectivity index (χ4n) is 7.49. The third kappa shape index (κ3) is 4.28. The van der Waals surface area contributed by atoms with Crippen LogP contribution in [0.3, 0.4) is 0 Å². The SMILES string of the molecule is N#Cc1cc(-c2ccc(C3=C(n4c5ccccc5c5ccccc54)CCC=C3)cc2)cc(-n2c3ccccc3c3cc(C#N)ccc32)c1. The summed E-state index contributed by atoms with van der Waals surface area (Å²) in [6.45, 7) is 0. The molecule has 6 aromatic carbocycles. The van der Waals surface area contributed by atoms with Crippen molar-refractivity contribution < 1.29 is 0 Å². The van der Waals surface area contributed by atoms with E-state index in [2.05, 4.69) is 124 Å². The van der Waals surface area contributed by atoms with Crippen LogP contribution in [0.4, 0.5) is 0 Å². The second-order valence-corrected chi connectivity index (χ2v) is 12.3. The third-order valence-corrected chi connectivity index (χ3v) is 9.63. The van der Waals surface area contributed by atoms with E-state index in [0.29, 0.717) is 11.1 Å². The van der Waals surface area contributed by atoms with Crippen LogP contribution in [0.15, 0.2) is 146 Å². The van der Waals surface area contributed by atoms with Crippen LogP contribution in [0.25, 0.3) is 71.7 Å². The summed E-state index contributed by atoms with van der Waals surface area (Å²) in [5.41, 5.74) is 12.4. The second-order valence-electron chi connectivity index (χ2n) is 12.3. The Morgan fingerprint density at radius 2 is 1.06 bits per heavy atom. The minimum atomic E-state index is 0.595. The Morgan fingerprint density at radius 1 is 0.479 bits per heavy atom. The Morgan fingerprint density at radius 3 is 1.73 bits per heavy atom. The molecule has 9 rings (SSSR count). The number of hydrogen-bond acceptors (Lipinski definition) is 2. The van der Waals surface area contributed by atoms with E-state index in [4.69, 9.17) is 0 Å². The van der Waals surface area contributed by atoms with Crippen LogP contribution in [-0.2, 0) is 0 Å². The molecular weight excluding hydrogens is 585 g/mol. The van der Waals surface area contributed by atoms with Crippen molar-refractivity contribution in [3.8, 4) is 29.0 Å². The fourth-order valence-corrected chi connectivity index (χ4v) is 7.49. The van der Waals surface area contributed by atoms with E-state index in [0.717, 1.165) is 51.5 Å². The van der Waals surface area contributed by atoms with Gasteiger partial charge >= 0.3 is 0 Å². The zero-order valence-corrected chi connectivity index (χ0v) is 26.1. The molecule has 0 fully saturated rings. The monoisotopic (exact) mass is 612 g/mol. The number of aromatic nitrogens is 2. The van der Waals surface area contributed by atoms with Gasteiger partial charge in [-0.2, -0.15) is 10.5 Å². The zero-order valence-electron chi connectivity index (χ0n) is 26.1. The fraction of sp³-hybridized carbons (Fsp3) is 0.0455. The van der Waals surface area contributed by atoms with Crippen LogP contribution in [-0.4, -0.2) is 9.13 Å². The Kier molecular flexibility index (Phi) is 6.35. The van der Waals surface area contributed by atoms with Gasteiger partial charge in [-0.1, -0.05) is 91.0 Å². The number of benzene rings is 6. The molecule has 0 bridgehead atoms. The highest BCUT2D eigenvalue weighted by Gasteiger charge is 2.19. The number of hydrogen-bond donors (Lipinski definition) is 0. The van der Waals surface area contributed by atoms with Crippen molar-refractivity contribution in [2.45, 2.75) is 12.8 Å². The Labute approximate surface area is 277 Å². The van der Waals surface area contributed by atoms with Gasteiger partial charge < -0.3 is 9.13 Å². The Bertz CT molecular complexity index is 2680. The number of fused-ring (bicyclic) bond motifs is 6. The minimum absolute atomic E-state index is 0.595. The second kappa shape index (κ2) is 11.0. The largest absolute Gasteiger partial charge is 0.312 e. The molecule has 1 aliphatic rings.